The van der Waals surface area contributed by atoms with Crippen LogP contribution in [-0.4, -0.2) is 22.5 Å². The van der Waals surface area contributed by atoms with Crippen LogP contribution in [0.4, 0.5) is 5.13 Å². The smallest absolute Gasteiger partial charge is 0.358 e. The number of hydrogen-bond donors (Lipinski definition) is 1. The molecule has 0 bridgehead atoms. The van der Waals surface area contributed by atoms with E-state index in [9.17, 15) is 4.79 Å². The van der Waals surface area contributed by atoms with Gasteiger partial charge >= 0.3 is 5.97 Å². The third kappa shape index (κ3) is 2.48. The highest BCUT2D eigenvalue weighted by Crippen LogP contribution is 2.30. The summed E-state index contributed by atoms with van der Waals surface area (Å²) in [6.07, 6.45) is 0. The third-order valence-corrected chi connectivity index (χ3v) is 3.14. The molecule has 0 aliphatic rings. The molecule has 0 radical (unpaired) electrons. The fourth-order valence-corrected chi connectivity index (χ4v) is 2.31. The molecule has 2 aromatic rings. The number of thiazole rings is 1. The zero-order chi connectivity index (χ0) is 13.1. The summed E-state index contributed by atoms with van der Waals surface area (Å²) in [5.74, 6) is -0.469. The molecule has 2 aromatic heterocycles. The molecule has 0 atom stereocenters. The summed E-state index contributed by atoms with van der Waals surface area (Å²) in [7, 11) is 0. The number of rotatable bonds is 3. The second-order valence-electron chi connectivity index (χ2n) is 3.61. The number of esters is 1. The minimum atomic E-state index is -0.469. The van der Waals surface area contributed by atoms with Gasteiger partial charge in [-0.05, 0) is 26.0 Å². The van der Waals surface area contributed by atoms with Gasteiger partial charge in [0.25, 0.3) is 0 Å². The van der Waals surface area contributed by atoms with Gasteiger partial charge in [0.05, 0.1) is 17.2 Å². The van der Waals surface area contributed by atoms with Gasteiger partial charge in [-0.25, -0.2) is 9.78 Å². The van der Waals surface area contributed by atoms with Crippen molar-refractivity contribution in [2.75, 3.05) is 12.3 Å². The van der Waals surface area contributed by atoms with Crippen molar-refractivity contribution in [3.05, 3.63) is 29.6 Å². The molecule has 18 heavy (non-hydrogen) atoms. The fraction of sp³-hybridized carbons (Fsp3) is 0.250. The number of hydrogen-bond acceptors (Lipinski definition) is 6. The van der Waals surface area contributed by atoms with Gasteiger partial charge in [0.1, 0.15) is 0 Å². The zero-order valence-electron chi connectivity index (χ0n) is 10.1. The Morgan fingerprint density at radius 1 is 1.44 bits per heavy atom. The molecule has 0 aliphatic heterocycles. The second kappa shape index (κ2) is 5.14. The Labute approximate surface area is 109 Å². The molecule has 0 aromatic carbocycles. The Balaban J connectivity index is 2.47. The van der Waals surface area contributed by atoms with Crippen molar-refractivity contribution < 1.29 is 9.53 Å². The van der Waals surface area contributed by atoms with Crippen LogP contribution in [0.25, 0.3) is 10.6 Å². The van der Waals surface area contributed by atoms with Crippen molar-refractivity contribution in [2.24, 2.45) is 0 Å². The average Bonchev–Trinajstić information content (AvgIpc) is 2.72. The van der Waals surface area contributed by atoms with Crippen molar-refractivity contribution in [1.82, 2.24) is 9.97 Å². The summed E-state index contributed by atoms with van der Waals surface area (Å²) in [4.78, 5) is 20.8. The first-order valence-corrected chi connectivity index (χ1v) is 6.31. The second-order valence-corrected chi connectivity index (χ2v) is 4.65. The molecule has 6 heteroatoms. The number of aromatic nitrogens is 2. The molecule has 5 nitrogen and oxygen atoms in total. The number of nitrogen functional groups attached to an aromatic ring is 1. The first-order valence-electron chi connectivity index (χ1n) is 5.49. The minimum absolute atomic E-state index is 0.234. The van der Waals surface area contributed by atoms with Crippen molar-refractivity contribution in [1.29, 1.82) is 0 Å². The van der Waals surface area contributed by atoms with E-state index in [2.05, 4.69) is 9.97 Å². The zero-order valence-corrected chi connectivity index (χ0v) is 11.0. The summed E-state index contributed by atoms with van der Waals surface area (Å²) >= 11 is 1.23. The maximum atomic E-state index is 11.8. The molecule has 2 N–H and O–H groups in total. The fourth-order valence-electron chi connectivity index (χ4n) is 1.52. The molecule has 0 saturated heterocycles. The van der Waals surface area contributed by atoms with E-state index in [0.29, 0.717) is 22.3 Å². The quantitative estimate of drug-likeness (QED) is 0.859. The van der Waals surface area contributed by atoms with Crippen LogP contribution in [0.2, 0.25) is 0 Å². The molecule has 94 valence electrons. The number of carbonyl (C=O) groups is 1. The lowest BCUT2D eigenvalue weighted by molar-refractivity contribution is 0.0521. The molecule has 0 aliphatic carbocycles. The summed E-state index contributed by atoms with van der Waals surface area (Å²) < 4.78 is 4.96. The van der Waals surface area contributed by atoms with Crippen molar-refractivity contribution in [3.8, 4) is 10.6 Å². The summed E-state index contributed by atoms with van der Waals surface area (Å²) in [6, 6.07) is 5.59. The van der Waals surface area contributed by atoms with Crippen LogP contribution in [0, 0.1) is 6.92 Å². The lowest BCUT2D eigenvalue weighted by Gasteiger charge is -2.02. The highest BCUT2D eigenvalue weighted by molar-refractivity contribution is 7.19. The number of anilines is 1. The van der Waals surface area contributed by atoms with Crippen LogP contribution in [0.15, 0.2) is 18.2 Å². The Morgan fingerprint density at radius 2 is 2.22 bits per heavy atom. The number of nitrogens with zero attached hydrogens (tertiary/aromatic N) is 2. The van der Waals surface area contributed by atoms with Gasteiger partial charge in [-0.2, -0.15) is 0 Å². The number of ether oxygens (including phenoxy) is 1. The topological polar surface area (TPSA) is 78.1 Å². The summed E-state index contributed by atoms with van der Waals surface area (Å²) in [6.45, 7) is 3.94. The highest BCUT2D eigenvalue weighted by Gasteiger charge is 2.20. The summed E-state index contributed by atoms with van der Waals surface area (Å²) in [5.41, 5.74) is 7.45. The largest absolute Gasteiger partial charge is 0.461 e. The van der Waals surface area contributed by atoms with E-state index in [0.717, 1.165) is 5.69 Å². The van der Waals surface area contributed by atoms with Gasteiger partial charge < -0.3 is 10.5 Å². The average molecular weight is 263 g/mol. The van der Waals surface area contributed by atoms with Crippen molar-refractivity contribution in [3.63, 3.8) is 0 Å². The van der Waals surface area contributed by atoms with Crippen LogP contribution in [0.5, 0.6) is 0 Å². The van der Waals surface area contributed by atoms with Gasteiger partial charge in [0, 0.05) is 5.69 Å². The molecule has 0 spiro atoms. The van der Waals surface area contributed by atoms with E-state index in [1.165, 1.54) is 11.3 Å². The van der Waals surface area contributed by atoms with E-state index in [1.54, 1.807) is 6.92 Å². The first-order chi connectivity index (χ1) is 8.61. The number of carbonyl (C=O) groups excluding carboxylic acids is 1. The first kappa shape index (κ1) is 12.5. The minimum Gasteiger partial charge on any atom is -0.461 e. The van der Waals surface area contributed by atoms with Gasteiger partial charge in [-0.1, -0.05) is 17.4 Å². The van der Waals surface area contributed by atoms with Crippen LogP contribution in [-0.2, 0) is 4.74 Å². The number of aryl methyl sites for hydroxylation is 1. The Morgan fingerprint density at radius 3 is 2.89 bits per heavy atom. The molecule has 0 amide bonds. The predicted molar refractivity (Wildman–Crippen MR) is 70.5 cm³/mol. The van der Waals surface area contributed by atoms with E-state index in [1.807, 2.05) is 25.1 Å². The molecule has 0 saturated carbocycles. The molecular formula is C12H13N3O2S. The molecular weight excluding hydrogens is 250 g/mol. The van der Waals surface area contributed by atoms with E-state index >= 15 is 0 Å². The van der Waals surface area contributed by atoms with Gasteiger partial charge in [-0.15, -0.1) is 0 Å². The van der Waals surface area contributed by atoms with Crippen LogP contribution in [0.1, 0.15) is 23.1 Å². The highest BCUT2D eigenvalue weighted by atomic mass is 32.1. The maximum absolute atomic E-state index is 11.8. The lowest BCUT2D eigenvalue weighted by Crippen LogP contribution is -2.07. The number of pyridine rings is 1. The maximum Gasteiger partial charge on any atom is 0.358 e. The lowest BCUT2D eigenvalue weighted by atomic mass is 10.2. The van der Waals surface area contributed by atoms with E-state index < -0.39 is 5.97 Å². The summed E-state index contributed by atoms with van der Waals surface area (Å²) in [5, 5.41) is 0.330. The molecule has 2 heterocycles. The Kier molecular flexibility index (Phi) is 3.57. The van der Waals surface area contributed by atoms with Crippen molar-refractivity contribution in [2.45, 2.75) is 13.8 Å². The van der Waals surface area contributed by atoms with E-state index in [4.69, 9.17) is 10.5 Å². The predicted octanol–water partition coefficient (Wildman–Crippen LogP) is 2.27. The van der Waals surface area contributed by atoms with E-state index in [-0.39, 0.29) is 5.69 Å². The molecule has 0 unspecified atom stereocenters. The Hall–Kier alpha value is -1.95. The van der Waals surface area contributed by atoms with Crippen molar-refractivity contribution >= 4 is 22.4 Å². The SMILES string of the molecule is CCOC(=O)c1nc(N)sc1-c1cccc(C)n1. The Bertz CT molecular complexity index is 580. The van der Waals surface area contributed by atoms with Crippen LogP contribution >= 0.6 is 11.3 Å². The standard InChI is InChI=1S/C12H13N3O2S/c1-3-17-11(16)9-10(18-12(13)15-9)8-6-4-5-7(2)14-8/h4-6H,3H2,1-2H3,(H2,13,15). The van der Waals surface area contributed by atoms with Crippen LogP contribution < -0.4 is 5.73 Å². The molecule has 0 fully saturated rings. The molecule has 2 rings (SSSR count). The van der Waals surface area contributed by atoms with Gasteiger partial charge in [0.15, 0.2) is 10.8 Å². The third-order valence-electron chi connectivity index (χ3n) is 2.23. The monoisotopic (exact) mass is 263 g/mol. The van der Waals surface area contributed by atoms with Gasteiger partial charge in [0.2, 0.25) is 0 Å². The van der Waals surface area contributed by atoms with Gasteiger partial charge in [-0.3, -0.25) is 4.98 Å². The van der Waals surface area contributed by atoms with Crippen LogP contribution in [0.3, 0.4) is 0 Å². The normalized spacial score (nSPS) is 10.3. The number of nitrogens with two attached hydrogens (primary N) is 1.